The van der Waals surface area contributed by atoms with Crippen LogP contribution < -0.4 is 10.9 Å². The number of halogens is 1. The van der Waals surface area contributed by atoms with Gasteiger partial charge in [-0.25, -0.2) is 14.4 Å². The number of thiazole rings is 1. The van der Waals surface area contributed by atoms with Gasteiger partial charge < -0.3 is 9.73 Å². The van der Waals surface area contributed by atoms with Gasteiger partial charge in [-0.15, -0.1) is 22.7 Å². The minimum absolute atomic E-state index is 0.0337. The van der Waals surface area contributed by atoms with Crippen LogP contribution in [0.15, 0.2) is 74.3 Å². The Morgan fingerprint density at radius 1 is 1.20 bits per heavy atom. The van der Waals surface area contributed by atoms with Gasteiger partial charge in [0.2, 0.25) is 5.91 Å². The summed E-state index contributed by atoms with van der Waals surface area (Å²) in [4.78, 5) is 38.0. The summed E-state index contributed by atoms with van der Waals surface area (Å²) in [5.41, 5.74) is 2.25. The molecule has 4 heterocycles. The second-order valence-corrected chi connectivity index (χ2v) is 12.9. The molecule has 4 aromatic heterocycles. The van der Waals surface area contributed by atoms with Gasteiger partial charge in [-0.1, -0.05) is 49.0 Å². The van der Waals surface area contributed by atoms with E-state index in [1.165, 1.54) is 38.2 Å². The molecule has 1 aliphatic rings. The van der Waals surface area contributed by atoms with E-state index in [-0.39, 0.29) is 28.1 Å². The van der Waals surface area contributed by atoms with E-state index < -0.39 is 5.82 Å². The van der Waals surface area contributed by atoms with Gasteiger partial charge in [0.25, 0.3) is 5.56 Å². The summed E-state index contributed by atoms with van der Waals surface area (Å²) in [5.74, 6) is 0.292. The highest BCUT2D eigenvalue weighted by molar-refractivity contribution is 7.99. The number of carbonyl (C=O) groups is 1. The number of anilines is 1. The fraction of sp³-hybridized carbons (Fsp3) is 0.200. The van der Waals surface area contributed by atoms with Gasteiger partial charge in [0.15, 0.2) is 16.0 Å². The predicted octanol–water partition coefficient (Wildman–Crippen LogP) is 7.31. The van der Waals surface area contributed by atoms with Crippen LogP contribution in [0.4, 0.5) is 9.52 Å². The molecule has 0 fully saturated rings. The fourth-order valence-electron chi connectivity index (χ4n) is 5.15. The standard InChI is InChI=1S/C30H23FN4O3S3/c1-16-10-11-18-24(12-16)41-27-26(18)28(37)35(21-8-4-3-7-19(21)31)30(34-27)40-15-25(36)33-29-32-20(14-39-29)23-13-17-6-2-5-9-22(17)38-23/h2-9,13-14,16H,10-12,15H2,1H3,(H,32,33,36). The number of nitrogens with one attached hydrogen (secondary N) is 1. The molecule has 0 saturated heterocycles. The average Bonchev–Trinajstić information content (AvgIpc) is 3.69. The van der Waals surface area contributed by atoms with Crippen molar-refractivity contribution in [2.75, 3.05) is 11.1 Å². The maximum absolute atomic E-state index is 15.0. The van der Waals surface area contributed by atoms with Crippen molar-refractivity contribution in [3.8, 4) is 17.1 Å². The van der Waals surface area contributed by atoms with Crippen LogP contribution in [0, 0.1) is 11.7 Å². The van der Waals surface area contributed by atoms with E-state index in [0.717, 1.165) is 47.6 Å². The van der Waals surface area contributed by atoms with E-state index >= 15 is 0 Å². The average molecular weight is 603 g/mol. The number of aryl methyl sites for hydroxylation is 1. The van der Waals surface area contributed by atoms with Crippen LogP contribution in [0.2, 0.25) is 0 Å². The van der Waals surface area contributed by atoms with Crippen molar-refractivity contribution in [2.24, 2.45) is 5.92 Å². The monoisotopic (exact) mass is 602 g/mol. The number of fused-ring (bicyclic) bond motifs is 4. The number of amides is 1. The van der Waals surface area contributed by atoms with Crippen LogP contribution in [0.5, 0.6) is 0 Å². The Morgan fingerprint density at radius 2 is 2.02 bits per heavy atom. The van der Waals surface area contributed by atoms with Crippen molar-refractivity contribution in [1.82, 2.24) is 14.5 Å². The van der Waals surface area contributed by atoms with Crippen molar-refractivity contribution < 1.29 is 13.6 Å². The topological polar surface area (TPSA) is 90.0 Å². The van der Waals surface area contributed by atoms with Crippen LogP contribution in [-0.4, -0.2) is 26.2 Å². The number of hydrogen-bond acceptors (Lipinski definition) is 8. The minimum Gasteiger partial charge on any atom is -0.454 e. The highest BCUT2D eigenvalue weighted by atomic mass is 32.2. The largest absolute Gasteiger partial charge is 0.454 e. The second-order valence-electron chi connectivity index (χ2n) is 10.0. The molecule has 11 heteroatoms. The Kier molecular flexibility index (Phi) is 6.72. The molecule has 206 valence electrons. The molecule has 1 unspecified atom stereocenters. The van der Waals surface area contributed by atoms with E-state index in [2.05, 4.69) is 17.2 Å². The number of para-hydroxylation sites is 2. The lowest BCUT2D eigenvalue weighted by Crippen LogP contribution is -2.24. The zero-order valence-electron chi connectivity index (χ0n) is 21.8. The van der Waals surface area contributed by atoms with Crippen LogP contribution in [0.1, 0.15) is 23.8 Å². The van der Waals surface area contributed by atoms with Crippen molar-refractivity contribution >= 4 is 66.7 Å². The van der Waals surface area contributed by atoms with Crippen LogP contribution in [-0.2, 0) is 17.6 Å². The number of aromatic nitrogens is 3. The van der Waals surface area contributed by atoms with Gasteiger partial charge in [0.1, 0.15) is 21.9 Å². The maximum Gasteiger partial charge on any atom is 0.267 e. The van der Waals surface area contributed by atoms with Crippen LogP contribution >= 0.6 is 34.4 Å². The quantitative estimate of drug-likeness (QED) is 0.159. The number of carbonyl (C=O) groups excluding carboxylic acids is 1. The molecule has 1 aliphatic carbocycles. The number of nitrogens with zero attached hydrogens (tertiary/aromatic N) is 3. The van der Waals surface area contributed by atoms with Crippen molar-refractivity contribution in [3.63, 3.8) is 0 Å². The Labute approximate surface area is 246 Å². The highest BCUT2D eigenvalue weighted by Gasteiger charge is 2.26. The van der Waals surface area contributed by atoms with E-state index in [0.29, 0.717) is 32.7 Å². The van der Waals surface area contributed by atoms with E-state index in [4.69, 9.17) is 9.40 Å². The lowest BCUT2D eigenvalue weighted by molar-refractivity contribution is -0.113. The normalized spacial score (nSPS) is 14.9. The minimum atomic E-state index is -0.527. The SMILES string of the molecule is CC1CCc2c(sc3nc(SCC(=O)Nc4nc(-c5cc6ccccc6o5)cs4)n(-c4ccccc4F)c(=O)c23)C1. The van der Waals surface area contributed by atoms with Gasteiger partial charge in [-0.05, 0) is 55.0 Å². The molecule has 0 saturated carbocycles. The zero-order valence-corrected chi connectivity index (χ0v) is 24.3. The number of hydrogen-bond donors (Lipinski definition) is 1. The van der Waals surface area contributed by atoms with E-state index in [1.807, 2.05) is 35.7 Å². The Morgan fingerprint density at radius 3 is 2.88 bits per heavy atom. The van der Waals surface area contributed by atoms with E-state index in [1.54, 1.807) is 18.2 Å². The van der Waals surface area contributed by atoms with Gasteiger partial charge in [0.05, 0.1) is 16.8 Å². The number of rotatable bonds is 6. The summed E-state index contributed by atoms with van der Waals surface area (Å²) in [6.07, 6.45) is 2.72. The molecular formula is C30H23FN4O3S3. The van der Waals surface area contributed by atoms with E-state index in [9.17, 15) is 14.0 Å². The molecule has 7 nitrogen and oxygen atoms in total. The summed E-state index contributed by atoms with van der Waals surface area (Å²) in [6.45, 7) is 2.21. The molecule has 41 heavy (non-hydrogen) atoms. The molecule has 6 aromatic rings. The molecule has 2 aromatic carbocycles. The molecule has 1 amide bonds. The molecule has 0 bridgehead atoms. The maximum atomic E-state index is 15.0. The highest BCUT2D eigenvalue weighted by Crippen LogP contribution is 2.37. The second kappa shape index (κ2) is 10.6. The fourth-order valence-corrected chi connectivity index (χ4v) is 8.10. The third-order valence-corrected chi connectivity index (χ3v) is 10.00. The van der Waals surface area contributed by atoms with Crippen LogP contribution in [0.3, 0.4) is 0 Å². The van der Waals surface area contributed by atoms with Gasteiger partial charge >= 0.3 is 0 Å². The first-order valence-electron chi connectivity index (χ1n) is 13.1. The molecular weight excluding hydrogens is 580 g/mol. The summed E-state index contributed by atoms with van der Waals surface area (Å²) in [7, 11) is 0. The predicted molar refractivity (Wildman–Crippen MR) is 163 cm³/mol. The number of furan rings is 1. The summed E-state index contributed by atoms with van der Waals surface area (Å²) in [6, 6.07) is 15.8. The lowest BCUT2D eigenvalue weighted by Gasteiger charge is -2.18. The lowest BCUT2D eigenvalue weighted by atomic mass is 9.89. The van der Waals surface area contributed by atoms with Gasteiger partial charge in [0, 0.05) is 15.6 Å². The Bertz CT molecular complexity index is 1970. The number of thiophene rings is 1. The Balaban J connectivity index is 1.16. The van der Waals surface area contributed by atoms with Gasteiger partial charge in [-0.3, -0.25) is 14.2 Å². The first kappa shape index (κ1) is 26.1. The number of thioether (sulfide) groups is 1. The Hall–Kier alpha value is -3.80. The van der Waals surface area contributed by atoms with Crippen LogP contribution in [0.25, 0.3) is 38.3 Å². The molecule has 0 aliphatic heterocycles. The van der Waals surface area contributed by atoms with Crippen molar-refractivity contribution in [3.05, 3.63) is 86.6 Å². The van der Waals surface area contributed by atoms with Crippen molar-refractivity contribution in [2.45, 2.75) is 31.3 Å². The third kappa shape index (κ3) is 4.87. The summed E-state index contributed by atoms with van der Waals surface area (Å²) in [5, 5.41) is 6.89. The first-order valence-corrected chi connectivity index (χ1v) is 15.8. The number of benzene rings is 2. The molecule has 1 atom stereocenters. The molecule has 1 N–H and O–H groups in total. The van der Waals surface area contributed by atoms with Gasteiger partial charge in [-0.2, -0.15) is 0 Å². The zero-order chi connectivity index (χ0) is 28.1. The molecule has 7 rings (SSSR count). The third-order valence-electron chi connectivity index (χ3n) is 7.15. The smallest absolute Gasteiger partial charge is 0.267 e. The molecule has 0 spiro atoms. The summed E-state index contributed by atoms with van der Waals surface area (Å²) < 4.78 is 22.2. The summed E-state index contributed by atoms with van der Waals surface area (Å²) >= 11 is 3.92. The van der Waals surface area contributed by atoms with Crippen molar-refractivity contribution in [1.29, 1.82) is 0 Å². The first-order chi connectivity index (χ1) is 19.9. The molecule has 0 radical (unpaired) electrons.